The van der Waals surface area contributed by atoms with Gasteiger partial charge in [0.15, 0.2) is 17.3 Å². The smallest absolute Gasteiger partial charge is 0.417 e. The Kier molecular flexibility index (Phi) is 9.13. The molecule has 0 radical (unpaired) electrons. The molecule has 2 aromatic carbocycles. The van der Waals surface area contributed by atoms with Crippen LogP contribution >= 0.6 is 23.2 Å². The molecule has 2 N–H and O–H groups in total. The maximum atomic E-state index is 15.3. The number of alkyl halides is 3. The minimum atomic E-state index is -4.75. The third kappa shape index (κ3) is 5.51. The number of amides is 4. The van der Waals surface area contributed by atoms with E-state index in [9.17, 15) is 32.7 Å². The van der Waals surface area contributed by atoms with Gasteiger partial charge < -0.3 is 14.6 Å². The van der Waals surface area contributed by atoms with Crippen LogP contribution in [0.5, 0.6) is 17.2 Å². The Morgan fingerprint density at radius 3 is 2.23 bits per heavy atom. The van der Waals surface area contributed by atoms with Gasteiger partial charge in [-0.15, -0.1) is 0 Å². The number of methoxy groups -OCH3 is 2. The molecular weight excluding hydrogens is 740 g/mol. The van der Waals surface area contributed by atoms with Gasteiger partial charge in [0.25, 0.3) is 11.8 Å². The number of ether oxygens (including phenoxy) is 2. The van der Waals surface area contributed by atoms with Gasteiger partial charge in [-0.25, -0.2) is 4.98 Å². The first-order chi connectivity index (χ1) is 25.2. The van der Waals surface area contributed by atoms with Crippen LogP contribution in [0.4, 0.5) is 19.0 Å². The summed E-state index contributed by atoms with van der Waals surface area (Å²) in [5.41, 5.74) is 1.09. The standard InChI is InChI=1S/C37H33Cl2F3N4O7/c1-4-11-45-32(48)22-10-9-21-23(28(22)34(45)50)15-24-33(49)46(44-31-25(39)14-19(16-43-31)37(40,41)42)35(51)36(24,18-5-7-20(38)8-6-18)29(21)17-12-26(52-2)30(47)27(13-17)53-3/h5-9,12-14,16,22-24,28-29,47H,4,10-11,15H2,1-3H3,(H,43,44). The lowest BCUT2D eigenvalue weighted by Gasteiger charge is -2.50. The lowest BCUT2D eigenvalue weighted by Crippen LogP contribution is -2.53. The number of hydrogen-bond donors (Lipinski definition) is 2. The summed E-state index contributed by atoms with van der Waals surface area (Å²) in [6.07, 6.45) is -1.65. The van der Waals surface area contributed by atoms with Crippen LogP contribution in [0, 0.1) is 23.7 Å². The third-order valence-corrected chi connectivity index (χ3v) is 11.5. The van der Waals surface area contributed by atoms with Crippen molar-refractivity contribution >= 4 is 52.6 Å². The van der Waals surface area contributed by atoms with Gasteiger partial charge in [0, 0.05) is 23.7 Å². The molecule has 4 amide bonds. The molecule has 2 aliphatic heterocycles. The molecule has 11 nitrogen and oxygen atoms in total. The number of nitrogens with zero attached hydrogens (tertiary/aromatic N) is 3. The number of allylic oxidation sites excluding steroid dienone is 2. The first kappa shape index (κ1) is 36.5. The van der Waals surface area contributed by atoms with Crippen LogP contribution in [-0.2, 0) is 30.8 Å². The van der Waals surface area contributed by atoms with E-state index in [2.05, 4.69) is 10.4 Å². The minimum Gasteiger partial charge on any atom is -0.502 e. The van der Waals surface area contributed by atoms with E-state index in [0.717, 1.165) is 0 Å². The Bertz CT molecular complexity index is 2050. The number of carbonyl (C=O) groups is 4. The summed E-state index contributed by atoms with van der Waals surface area (Å²) in [6, 6.07) is 10.1. The molecule has 278 valence electrons. The number of phenols is 1. The molecule has 2 aliphatic carbocycles. The largest absolute Gasteiger partial charge is 0.502 e. The van der Waals surface area contributed by atoms with Crippen LogP contribution in [0.2, 0.25) is 10.0 Å². The maximum Gasteiger partial charge on any atom is 0.417 e. The SMILES string of the molecule is CCCN1C(=O)C2CC=C3C(CC4C(=O)N(Nc5ncc(C(F)(F)F)cc5Cl)C(=O)C4(c4ccc(Cl)cc4)C3c3cc(OC)c(O)c(OC)c3)C2C1=O. The van der Waals surface area contributed by atoms with E-state index in [-0.39, 0.29) is 54.3 Å². The van der Waals surface area contributed by atoms with Gasteiger partial charge in [0.05, 0.1) is 48.0 Å². The number of aromatic hydroxyl groups is 1. The molecule has 1 aromatic heterocycles. The normalized spacial score (nSPS) is 26.6. The van der Waals surface area contributed by atoms with Crippen molar-refractivity contribution < 1.29 is 46.9 Å². The fourth-order valence-corrected chi connectivity index (χ4v) is 9.08. The number of hydrogen-bond acceptors (Lipinski definition) is 9. The lowest BCUT2D eigenvalue weighted by molar-refractivity contribution is -0.141. The Balaban J connectivity index is 1.47. The molecular formula is C37H33Cl2F3N4O7. The topological polar surface area (TPSA) is 138 Å². The molecule has 7 rings (SSSR count). The highest BCUT2D eigenvalue weighted by molar-refractivity contribution is 6.33. The van der Waals surface area contributed by atoms with E-state index in [4.69, 9.17) is 32.7 Å². The molecule has 3 heterocycles. The number of carbonyl (C=O) groups excluding carboxylic acids is 4. The van der Waals surface area contributed by atoms with Crippen molar-refractivity contribution in [2.45, 2.75) is 43.7 Å². The highest BCUT2D eigenvalue weighted by Crippen LogP contribution is 2.65. The van der Waals surface area contributed by atoms with Gasteiger partial charge >= 0.3 is 6.18 Å². The number of phenolic OH excluding ortho intramolecular Hbond substituents is 1. The Morgan fingerprint density at radius 1 is 0.981 bits per heavy atom. The summed E-state index contributed by atoms with van der Waals surface area (Å²) in [4.78, 5) is 62.8. The van der Waals surface area contributed by atoms with Gasteiger partial charge in [0.1, 0.15) is 0 Å². The van der Waals surface area contributed by atoms with Crippen LogP contribution in [-0.4, -0.2) is 64.4 Å². The van der Waals surface area contributed by atoms with E-state index in [1.54, 1.807) is 24.3 Å². The number of benzene rings is 2. The monoisotopic (exact) mass is 772 g/mol. The second-order valence-corrected chi connectivity index (χ2v) is 14.4. The second kappa shape index (κ2) is 13.2. The molecule has 4 aliphatic rings. The first-order valence-corrected chi connectivity index (χ1v) is 17.6. The zero-order chi connectivity index (χ0) is 38.1. The van der Waals surface area contributed by atoms with Crippen LogP contribution in [0.15, 0.2) is 60.3 Å². The van der Waals surface area contributed by atoms with Gasteiger partial charge in [0.2, 0.25) is 17.6 Å². The van der Waals surface area contributed by atoms with Gasteiger partial charge in [-0.05, 0) is 66.6 Å². The fraction of sp³-hybridized carbons (Fsp3) is 0.378. The van der Waals surface area contributed by atoms with Crippen LogP contribution < -0.4 is 14.9 Å². The van der Waals surface area contributed by atoms with Gasteiger partial charge in [-0.2, -0.15) is 18.2 Å². The summed E-state index contributed by atoms with van der Waals surface area (Å²) in [5.74, 6) is -7.27. The lowest BCUT2D eigenvalue weighted by atomic mass is 9.49. The highest BCUT2D eigenvalue weighted by Gasteiger charge is 2.70. The summed E-state index contributed by atoms with van der Waals surface area (Å²) in [5, 5.41) is 11.5. The Morgan fingerprint density at radius 2 is 1.64 bits per heavy atom. The molecule has 53 heavy (non-hydrogen) atoms. The van der Waals surface area contributed by atoms with E-state index < -0.39 is 63.6 Å². The number of pyridine rings is 1. The van der Waals surface area contributed by atoms with Crippen molar-refractivity contribution in [1.82, 2.24) is 14.9 Å². The van der Waals surface area contributed by atoms with Crippen molar-refractivity contribution in [2.24, 2.45) is 23.7 Å². The number of likely N-dealkylation sites (tertiary alicyclic amines) is 1. The molecule has 6 unspecified atom stereocenters. The number of halogens is 5. The van der Waals surface area contributed by atoms with E-state index in [0.29, 0.717) is 45.4 Å². The number of imide groups is 2. The molecule has 2 saturated heterocycles. The number of anilines is 1. The molecule has 16 heteroatoms. The van der Waals surface area contributed by atoms with Crippen molar-refractivity contribution in [2.75, 3.05) is 26.2 Å². The summed E-state index contributed by atoms with van der Waals surface area (Å²) < 4.78 is 51.4. The first-order valence-electron chi connectivity index (χ1n) is 16.8. The molecule has 6 atom stereocenters. The average molecular weight is 774 g/mol. The predicted octanol–water partition coefficient (Wildman–Crippen LogP) is 6.52. The Labute approximate surface area is 311 Å². The fourth-order valence-electron chi connectivity index (χ4n) is 8.75. The average Bonchev–Trinajstić information content (AvgIpc) is 3.49. The number of hydrazine groups is 1. The molecule has 3 fully saturated rings. The van der Waals surface area contributed by atoms with Crippen molar-refractivity contribution in [3.63, 3.8) is 0 Å². The quantitative estimate of drug-likeness (QED) is 0.194. The van der Waals surface area contributed by atoms with E-state index in [1.807, 2.05) is 13.0 Å². The van der Waals surface area contributed by atoms with Crippen LogP contribution in [0.1, 0.15) is 48.8 Å². The third-order valence-electron chi connectivity index (χ3n) is 10.9. The zero-order valence-corrected chi connectivity index (χ0v) is 30.1. The second-order valence-electron chi connectivity index (χ2n) is 13.5. The Hall–Kier alpha value is -4.82. The predicted molar refractivity (Wildman–Crippen MR) is 185 cm³/mol. The van der Waals surface area contributed by atoms with Crippen LogP contribution in [0.25, 0.3) is 0 Å². The van der Waals surface area contributed by atoms with Crippen molar-refractivity contribution in [1.29, 1.82) is 0 Å². The maximum absolute atomic E-state index is 15.3. The molecule has 0 spiro atoms. The van der Waals surface area contributed by atoms with Crippen molar-refractivity contribution in [3.8, 4) is 17.2 Å². The molecule has 1 saturated carbocycles. The summed E-state index contributed by atoms with van der Waals surface area (Å²) >= 11 is 12.6. The van der Waals surface area contributed by atoms with E-state index >= 15 is 4.79 Å². The summed E-state index contributed by atoms with van der Waals surface area (Å²) in [7, 11) is 2.68. The number of rotatable bonds is 8. The van der Waals surface area contributed by atoms with Crippen LogP contribution in [0.3, 0.4) is 0 Å². The van der Waals surface area contributed by atoms with Gasteiger partial charge in [-0.1, -0.05) is 53.9 Å². The van der Waals surface area contributed by atoms with Gasteiger partial charge in [-0.3, -0.25) is 29.5 Å². The van der Waals surface area contributed by atoms with Crippen molar-refractivity contribution in [3.05, 3.63) is 87.0 Å². The van der Waals surface area contributed by atoms with E-state index in [1.165, 1.54) is 31.3 Å². The minimum absolute atomic E-state index is 0.00676. The summed E-state index contributed by atoms with van der Waals surface area (Å²) in [6.45, 7) is 2.09. The molecule has 3 aromatic rings. The number of nitrogens with one attached hydrogen (secondary N) is 1. The zero-order valence-electron chi connectivity index (χ0n) is 28.5. The number of fused-ring (bicyclic) bond motifs is 4. The highest BCUT2D eigenvalue weighted by atomic mass is 35.5. The molecule has 0 bridgehead atoms. The number of aromatic nitrogens is 1.